The summed E-state index contributed by atoms with van der Waals surface area (Å²) in [5.41, 5.74) is 6.34. The molecule has 2 rings (SSSR count). The van der Waals surface area contributed by atoms with Gasteiger partial charge in [0.05, 0.1) is 25.0 Å². The van der Waals surface area contributed by atoms with Crippen LogP contribution in [0, 0.1) is 0 Å². The summed E-state index contributed by atoms with van der Waals surface area (Å²) in [6, 6.07) is 0.0665. The number of nitrogens with zero attached hydrogens (tertiary/aromatic N) is 3. The molecule has 1 aromatic heterocycles. The lowest BCUT2D eigenvalue weighted by atomic mass is 10.3. The van der Waals surface area contributed by atoms with Gasteiger partial charge in [-0.25, -0.2) is 14.8 Å². The molecule has 17 heavy (non-hydrogen) atoms. The molecule has 7 nitrogen and oxygen atoms in total. The van der Waals surface area contributed by atoms with Crippen molar-refractivity contribution in [2.45, 2.75) is 12.5 Å². The molecule has 1 unspecified atom stereocenters. The van der Waals surface area contributed by atoms with Gasteiger partial charge in [0.15, 0.2) is 5.82 Å². The zero-order valence-electron chi connectivity index (χ0n) is 9.59. The van der Waals surface area contributed by atoms with Crippen molar-refractivity contribution in [1.82, 2.24) is 15.3 Å². The second-order valence-electron chi connectivity index (χ2n) is 3.87. The molecule has 0 radical (unpaired) electrons. The van der Waals surface area contributed by atoms with Crippen LogP contribution in [0.5, 0.6) is 0 Å². The molecule has 2 heterocycles. The Balaban J connectivity index is 1.98. The van der Waals surface area contributed by atoms with Gasteiger partial charge in [0.1, 0.15) is 6.33 Å². The summed E-state index contributed by atoms with van der Waals surface area (Å²) in [6.45, 7) is 1.48. The fourth-order valence-corrected chi connectivity index (χ4v) is 1.89. The number of rotatable bonds is 2. The van der Waals surface area contributed by atoms with Gasteiger partial charge in [-0.05, 0) is 6.42 Å². The van der Waals surface area contributed by atoms with Crippen LogP contribution in [0.15, 0.2) is 12.5 Å². The molecule has 1 aliphatic rings. The van der Waals surface area contributed by atoms with Crippen molar-refractivity contribution in [3.05, 3.63) is 12.5 Å². The van der Waals surface area contributed by atoms with E-state index in [1.165, 1.54) is 13.4 Å². The zero-order valence-corrected chi connectivity index (χ0v) is 9.59. The second kappa shape index (κ2) is 4.86. The lowest BCUT2D eigenvalue weighted by molar-refractivity contribution is 0.167. The number of nitrogens with two attached hydrogens (primary N) is 1. The number of methoxy groups -OCH3 is 1. The average Bonchev–Trinajstić information content (AvgIpc) is 2.78. The Morgan fingerprint density at radius 2 is 2.53 bits per heavy atom. The SMILES string of the molecule is COC(=O)NC1CCN(c2ncncc2N)C1. The van der Waals surface area contributed by atoms with E-state index in [1.807, 2.05) is 4.90 Å². The molecule has 0 aliphatic carbocycles. The van der Waals surface area contributed by atoms with Crippen molar-refractivity contribution in [2.75, 3.05) is 30.8 Å². The Morgan fingerprint density at radius 3 is 3.24 bits per heavy atom. The Morgan fingerprint density at radius 1 is 1.71 bits per heavy atom. The maximum atomic E-state index is 11.1. The number of hydrogen-bond donors (Lipinski definition) is 2. The van der Waals surface area contributed by atoms with Crippen LogP contribution in [0.4, 0.5) is 16.3 Å². The van der Waals surface area contributed by atoms with Crippen LogP contribution in [0.3, 0.4) is 0 Å². The molecule has 3 N–H and O–H groups in total. The number of carbonyl (C=O) groups is 1. The molecule has 0 aromatic carbocycles. The number of alkyl carbamates (subject to hydrolysis) is 1. The minimum absolute atomic E-state index is 0.0665. The minimum atomic E-state index is -0.410. The van der Waals surface area contributed by atoms with Crippen molar-refractivity contribution >= 4 is 17.6 Å². The Labute approximate surface area is 99.0 Å². The molecule has 0 bridgehead atoms. The maximum absolute atomic E-state index is 11.1. The highest BCUT2D eigenvalue weighted by Gasteiger charge is 2.26. The molecule has 0 spiro atoms. The highest BCUT2D eigenvalue weighted by atomic mass is 16.5. The fraction of sp³-hybridized carbons (Fsp3) is 0.500. The van der Waals surface area contributed by atoms with E-state index in [-0.39, 0.29) is 6.04 Å². The van der Waals surface area contributed by atoms with E-state index in [4.69, 9.17) is 5.73 Å². The van der Waals surface area contributed by atoms with Crippen LogP contribution in [0.25, 0.3) is 0 Å². The lowest BCUT2D eigenvalue weighted by Crippen LogP contribution is -2.37. The Kier molecular flexibility index (Phi) is 3.27. The van der Waals surface area contributed by atoms with Crippen LogP contribution in [0.2, 0.25) is 0 Å². The van der Waals surface area contributed by atoms with E-state index >= 15 is 0 Å². The average molecular weight is 237 g/mol. The van der Waals surface area contributed by atoms with Gasteiger partial charge in [-0.2, -0.15) is 0 Å². The largest absolute Gasteiger partial charge is 0.453 e. The molecule has 1 amide bonds. The topological polar surface area (TPSA) is 93.4 Å². The third kappa shape index (κ3) is 2.55. The molecule has 1 fully saturated rings. The summed E-state index contributed by atoms with van der Waals surface area (Å²) in [5.74, 6) is 0.717. The summed E-state index contributed by atoms with van der Waals surface area (Å²) >= 11 is 0. The first kappa shape index (κ1) is 11.4. The van der Waals surface area contributed by atoms with Gasteiger partial charge in [-0.1, -0.05) is 0 Å². The highest BCUT2D eigenvalue weighted by molar-refractivity contribution is 5.68. The number of anilines is 2. The summed E-state index contributed by atoms with van der Waals surface area (Å²) in [6.07, 6.45) is 3.47. The van der Waals surface area contributed by atoms with Crippen LogP contribution in [0.1, 0.15) is 6.42 Å². The van der Waals surface area contributed by atoms with E-state index in [1.54, 1.807) is 6.20 Å². The Bertz CT molecular complexity index is 411. The number of nitrogen functional groups attached to an aromatic ring is 1. The molecular formula is C10H15N5O2. The molecule has 1 saturated heterocycles. The third-order valence-corrected chi connectivity index (χ3v) is 2.71. The van der Waals surface area contributed by atoms with Crippen LogP contribution in [-0.4, -0.2) is 42.3 Å². The van der Waals surface area contributed by atoms with E-state index in [2.05, 4.69) is 20.0 Å². The van der Waals surface area contributed by atoms with Crippen LogP contribution < -0.4 is 16.0 Å². The van der Waals surface area contributed by atoms with Crippen molar-refractivity contribution in [1.29, 1.82) is 0 Å². The number of hydrogen-bond acceptors (Lipinski definition) is 6. The summed E-state index contributed by atoms with van der Waals surface area (Å²) in [4.78, 5) is 21.1. The van der Waals surface area contributed by atoms with Gasteiger partial charge in [0.25, 0.3) is 0 Å². The van der Waals surface area contributed by atoms with Crippen molar-refractivity contribution in [3.8, 4) is 0 Å². The molecule has 0 saturated carbocycles. The van der Waals surface area contributed by atoms with E-state index in [9.17, 15) is 4.79 Å². The minimum Gasteiger partial charge on any atom is -0.453 e. The normalized spacial score (nSPS) is 19.1. The molecular weight excluding hydrogens is 222 g/mol. The third-order valence-electron chi connectivity index (χ3n) is 2.71. The van der Waals surface area contributed by atoms with Gasteiger partial charge in [0.2, 0.25) is 0 Å². The number of aromatic nitrogens is 2. The second-order valence-corrected chi connectivity index (χ2v) is 3.87. The first-order valence-electron chi connectivity index (χ1n) is 5.35. The van der Waals surface area contributed by atoms with E-state index in [0.717, 1.165) is 13.0 Å². The lowest BCUT2D eigenvalue weighted by Gasteiger charge is -2.18. The highest BCUT2D eigenvalue weighted by Crippen LogP contribution is 2.22. The first-order chi connectivity index (χ1) is 8.20. The van der Waals surface area contributed by atoms with Gasteiger partial charge in [0, 0.05) is 13.1 Å². The number of nitrogens with one attached hydrogen (secondary N) is 1. The fourth-order valence-electron chi connectivity index (χ4n) is 1.89. The number of ether oxygens (including phenoxy) is 1. The molecule has 7 heteroatoms. The molecule has 1 aromatic rings. The summed E-state index contributed by atoms with van der Waals surface area (Å²) in [7, 11) is 1.35. The zero-order chi connectivity index (χ0) is 12.3. The molecule has 1 atom stereocenters. The van der Waals surface area contributed by atoms with Gasteiger partial charge < -0.3 is 20.7 Å². The summed E-state index contributed by atoms with van der Waals surface area (Å²) < 4.78 is 4.56. The smallest absolute Gasteiger partial charge is 0.407 e. The Hall–Kier alpha value is -2.05. The standard InChI is InChI=1S/C10H15N5O2/c1-17-10(16)14-7-2-3-15(5-7)9-8(11)4-12-6-13-9/h4,6-7H,2-3,5,11H2,1H3,(H,14,16). The molecule has 92 valence electrons. The van der Waals surface area contributed by atoms with Gasteiger partial charge in [-0.15, -0.1) is 0 Å². The van der Waals surface area contributed by atoms with E-state index in [0.29, 0.717) is 18.1 Å². The van der Waals surface area contributed by atoms with Gasteiger partial charge >= 0.3 is 6.09 Å². The maximum Gasteiger partial charge on any atom is 0.407 e. The predicted octanol–water partition coefficient (Wildman–Crippen LogP) is -0.00650. The number of amides is 1. The molecule has 1 aliphatic heterocycles. The van der Waals surface area contributed by atoms with Crippen molar-refractivity contribution in [3.63, 3.8) is 0 Å². The van der Waals surface area contributed by atoms with Crippen molar-refractivity contribution in [2.24, 2.45) is 0 Å². The van der Waals surface area contributed by atoms with Crippen LogP contribution >= 0.6 is 0 Å². The first-order valence-corrected chi connectivity index (χ1v) is 5.35. The van der Waals surface area contributed by atoms with E-state index < -0.39 is 6.09 Å². The van der Waals surface area contributed by atoms with Gasteiger partial charge in [-0.3, -0.25) is 0 Å². The monoisotopic (exact) mass is 237 g/mol. The number of carbonyl (C=O) groups excluding carboxylic acids is 1. The summed E-state index contributed by atoms with van der Waals surface area (Å²) in [5, 5.41) is 2.76. The van der Waals surface area contributed by atoms with Crippen LogP contribution in [-0.2, 0) is 4.74 Å². The van der Waals surface area contributed by atoms with Crippen molar-refractivity contribution < 1.29 is 9.53 Å². The predicted molar refractivity (Wildman–Crippen MR) is 62.6 cm³/mol. The quantitative estimate of drug-likeness (QED) is 0.751.